The highest BCUT2D eigenvalue weighted by atomic mass is 16.5. The molecule has 0 amide bonds. The summed E-state index contributed by atoms with van der Waals surface area (Å²) in [6.45, 7) is 4.82. The number of nitrogens with zero attached hydrogens (tertiary/aromatic N) is 1. The second-order valence-electron chi connectivity index (χ2n) is 5.96. The van der Waals surface area contributed by atoms with Crippen LogP contribution in [-0.4, -0.2) is 36.3 Å². The molecule has 0 saturated carbocycles. The van der Waals surface area contributed by atoms with Crippen molar-refractivity contribution in [2.45, 2.75) is 13.5 Å². The lowest BCUT2D eigenvalue weighted by atomic mass is 9.97. The average Bonchev–Trinajstić information content (AvgIpc) is 3.15. The van der Waals surface area contributed by atoms with Gasteiger partial charge in [-0.25, -0.2) is 4.79 Å². The van der Waals surface area contributed by atoms with Crippen molar-refractivity contribution in [1.29, 1.82) is 0 Å². The van der Waals surface area contributed by atoms with E-state index in [9.17, 15) is 9.59 Å². The summed E-state index contributed by atoms with van der Waals surface area (Å²) >= 11 is 0. The summed E-state index contributed by atoms with van der Waals surface area (Å²) in [6.07, 6.45) is 4.31. The molecule has 25 heavy (non-hydrogen) atoms. The van der Waals surface area contributed by atoms with Crippen LogP contribution < -0.4 is 0 Å². The van der Waals surface area contributed by atoms with Crippen molar-refractivity contribution in [2.24, 2.45) is 0 Å². The number of ketones is 1. The first kappa shape index (κ1) is 17.1. The molecular formula is C21H21NO3. The van der Waals surface area contributed by atoms with Gasteiger partial charge in [-0.3, -0.25) is 9.69 Å². The van der Waals surface area contributed by atoms with Gasteiger partial charge in [0, 0.05) is 30.8 Å². The fourth-order valence-electron chi connectivity index (χ4n) is 2.89. The number of carbonyl (C=O) groups excluding carboxylic acids is 2. The van der Waals surface area contributed by atoms with Crippen molar-refractivity contribution in [2.75, 3.05) is 19.7 Å². The summed E-state index contributed by atoms with van der Waals surface area (Å²) in [7, 11) is 0. The van der Waals surface area contributed by atoms with Crippen molar-refractivity contribution in [3.05, 3.63) is 82.9 Å². The first-order valence-electron chi connectivity index (χ1n) is 8.46. The Morgan fingerprint density at radius 3 is 2.24 bits per heavy atom. The van der Waals surface area contributed by atoms with Crippen LogP contribution in [0.25, 0.3) is 0 Å². The van der Waals surface area contributed by atoms with Gasteiger partial charge in [-0.2, -0.15) is 0 Å². The fraction of sp³-hybridized carbons (Fsp3) is 0.238. The largest absolute Gasteiger partial charge is 0.462 e. The van der Waals surface area contributed by atoms with Gasteiger partial charge >= 0.3 is 5.97 Å². The summed E-state index contributed by atoms with van der Waals surface area (Å²) in [6, 6.07) is 14.4. The van der Waals surface area contributed by atoms with Gasteiger partial charge < -0.3 is 4.74 Å². The third kappa shape index (κ3) is 4.03. The van der Waals surface area contributed by atoms with Gasteiger partial charge in [0.05, 0.1) is 12.2 Å². The minimum atomic E-state index is -0.468. The highest BCUT2D eigenvalue weighted by Gasteiger charge is 2.19. The van der Waals surface area contributed by atoms with Crippen LogP contribution in [0.15, 0.2) is 60.7 Å². The Hall–Kier alpha value is -2.72. The third-order valence-corrected chi connectivity index (χ3v) is 4.18. The highest BCUT2D eigenvalue weighted by Crippen LogP contribution is 2.17. The molecule has 1 aliphatic rings. The van der Waals surface area contributed by atoms with Crippen LogP contribution in [0.1, 0.15) is 38.8 Å². The zero-order chi connectivity index (χ0) is 17.6. The fourth-order valence-corrected chi connectivity index (χ4v) is 2.89. The summed E-state index contributed by atoms with van der Waals surface area (Å²) in [5, 5.41) is 0. The van der Waals surface area contributed by atoms with Gasteiger partial charge in [-0.15, -0.1) is 0 Å². The lowest BCUT2D eigenvalue weighted by Crippen LogP contribution is -2.19. The molecule has 0 aliphatic carbocycles. The van der Waals surface area contributed by atoms with Crippen molar-refractivity contribution in [3.8, 4) is 0 Å². The zero-order valence-corrected chi connectivity index (χ0v) is 14.3. The maximum atomic E-state index is 12.8. The number of rotatable bonds is 6. The predicted octanol–water partition coefficient (Wildman–Crippen LogP) is 3.47. The Bertz CT molecular complexity index is 785. The number of esters is 1. The van der Waals surface area contributed by atoms with Crippen LogP contribution in [0.2, 0.25) is 0 Å². The van der Waals surface area contributed by atoms with Gasteiger partial charge in [-0.05, 0) is 18.6 Å². The normalized spacial score (nSPS) is 13.8. The molecule has 0 saturated heterocycles. The molecule has 0 atom stereocenters. The Morgan fingerprint density at radius 2 is 1.60 bits per heavy atom. The van der Waals surface area contributed by atoms with E-state index in [1.807, 2.05) is 24.3 Å². The van der Waals surface area contributed by atoms with E-state index >= 15 is 0 Å². The number of carbonyl (C=O) groups is 2. The number of hydrogen-bond donors (Lipinski definition) is 0. The monoisotopic (exact) mass is 335 g/mol. The molecule has 4 heteroatoms. The number of hydrogen-bond acceptors (Lipinski definition) is 4. The van der Waals surface area contributed by atoms with E-state index in [0.29, 0.717) is 16.7 Å². The predicted molar refractivity (Wildman–Crippen MR) is 96.7 cm³/mol. The van der Waals surface area contributed by atoms with E-state index in [2.05, 4.69) is 17.1 Å². The maximum absolute atomic E-state index is 12.8. The summed E-state index contributed by atoms with van der Waals surface area (Å²) in [5.41, 5.74) is 2.41. The minimum absolute atomic E-state index is 0.168. The smallest absolute Gasteiger partial charge is 0.338 e. The molecule has 0 aromatic heterocycles. The second kappa shape index (κ2) is 7.90. The van der Waals surface area contributed by atoms with Gasteiger partial charge in [0.15, 0.2) is 5.78 Å². The average molecular weight is 335 g/mol. The Balaban J connectivity index is 1.78. The van der Waals surface area contributed by atoms with Crippen LogP contribution in [0.3, 0.4) is 0 Å². The van der Waals surface area contributed by atoms with Crippen molar-refractivity contribution < 1.29 is 14.3 Å². The molecule has 3 rings (SSSR count). The molecule has 4 nitrogen and oxygen atoms in total. The number of benzene rings is 2. The van der Waals surface area contributed by atoms with Gasteiger partial charge in [0.2, 0.25) is 0 Å². The molecule has 0 fully saturated rings. The Morgan fingerprint density at radius 1 is 0.960 bits per heavy atom. The van der Waals surface area contributed by atoms with E-state index < -0.39 is 5.97 Å². The molecular weight excluding hydrogens is 314 g/mol. The molecule has 0 spiro atoms. The summed E-state index contributed by atoms with van der Waals surface area (Å²) in [4.78, 5) is 27.2. The van der Waals surface area contributed by atoms with Crippen LogP contribution in [-0.2, 0) is 11.3 Å². The van der Waals surface area contributed by atoms with Gasteiger partial charge in [-0.1, -0.05) is 54.6 Å². The van der Waals surface area contributed by atoms with E-state index in [1.165, 1.54) is 5.56 Å². The van der Waals surface area contributed by atoms with Gasteiger partial charge in [0.1, 0.15) is 0 Å². The van der Waals surface area contributed by atoms with Crippen molar-refractivity contribution >= 4 is 11.8 Å². The summed E-state index contributed by atoms with van der Waals surface area (Å²) in [5.74, 6) is -0.636. The SMILES string of the molecule is CCOC(=O)c1ccccc1C(=O)c1ccc(CN2CC=CC2)cc1. The van der Waals surface area contributed by atoms with Gasteiger partial charge in [0.25, 0.3) is 0 Å². The minimum Gasteiger partial charge on any atom is -0.462 e. The van der Waals surface area contributed by atoms with Crippen LogP contribution in [0.4, 0.5) is 0 Å². The molecule has 0 unspecified atom stereocenters. The van der Waals surface area contributed by atoms with E-state index in [-0.39, 0.29) is 12.4 Å². The van der Waals surface area contributed by atoms with Crippen molar-refractivity contribution in [3.63, 3.8) is 0 Å². The van der Waals surface area contributed by atoms with Crippen LogP contribution in [0, 0.1) is 0 Å². The Kier molecular flexibility index (Phi) is 5.41. The number of ether oxygens (including phenoxy) is 1. The molecule has 0 radical (unpaired) electrons. The van der Waals surface area contributed by atoms with Crippen LogP contribution >= 0.6 is 0 Å². The topological polar surface area (TPSA) is 46.6 Å². The molecule has 2 aromatic carbocycles. The lowest BCUT2D eigenvalue weighted by molar-refractivity contribution is 0.0523. The molecule has 1 heterocycles. The van der Waals surface area contributed by atoms with E-state index in [1.54, 1.807) is 31.2 Å². The second-order valence-corrected chi connectivity index (χ2v) is 5.96. The molecule has 0 N–H and O–H groups in total. The summed E-state index contributed by atoms with van der Waals surface area (Å²) < 4.78 is 5.05. The van der Waals surface area contributed by atoms with Crippen LogP contribution in [0.5, 0.6) is 0 Å². The quantitative estimate of drug-likeness (QED) is 0.461. The standard InChI is InChI=1S/C21H21NO3/c1-2-25-21(24)19-8-4-3-7-18(19)20(23)17-11-9-16(10-12-17)15-22-13-5-6-14-22/h3-12H,2,13-15H2,1H3. The Labute approximate surface area is 147 Å². The molecule has 1 aliphatic heterocycles. The molecule has 0 bridgehead atoms. The lowest BCUT2D eigenvalue weighted by Gasteiger charge is -2.14. The van der Waals surface area contributed by atoms with E-state index in [4.69, 9.17) is 4.74 Å². The maximum Gasteiger partial charge on any atom is 0.338 e. The molecule has 2 aromatic rings. The van der Waals surface area contributed by atoms with Crippen molar-refractivity contribution in [1.82, 2.24) is 4.90 Å². The zero-order valence-electron chi connectivity index (χ0n) is 14.3. The highest BCUT2D eigenvalue weighted by molar-refractivity contribution is 6.14. The third-order valence-electron chi connectivity index (χ3n) is 4.18. The first-order chi connectivity index (χ1) is 12.2. The first-order valence-corrected chi connectivity index (χ1v) is 8.46. The van der Waals surface area contributed by atoms with E-state index in [0.717, 1.165) is 19.6 Å². The molecule has 128 valence electrons.